The molecule has 0 radical (unpaired) electrons. The first-order chi connectivity index (χ1) is 8.84. The summed E-state index contributed by atoms with van der Waals surface area (Å²) >= 11 is 0. The van der Waals surface area contributed by atoms with Crippen LogP contribution >= 0.6 is 0 Å². The van der Waals surface area contributed by atoms with Gasteiger partial charge in [-0.15, -0.1) is 0 Å². The van der Waals surface area contributed by atoms with Crippen molar-refractivity contribution in [3.8, 4) is 0 Å². The summed E-state index contributed by atoms with van der Waals surface area (Å²) in [5, 5.41) is -0.405. The first-order valence-corrected chi connectivity index (χ1v) is 8.37. The average Bonchev–Trinajstić information content (AvgIpc) is 2.40. The van der Waals surface area contributed by atoms with E-state index in [1.165, 1.54) is 4.31 Å². The van der Waals surface area contributed by atoms with E-state index in [4.69, 9.17) is 0 Å². The highest BCUT2D eigenvalue weighted by molar-refractivity contribution is 7.89. The van der Waals surface area contributed by atoms with Crippen LogP contribution in [0.5, 0.6) is 0 Å². The van der Waals surface area contributed by atoms with Crippen LogP contribution in [-0.2, 0) is 10.0 Å². The molecule has 19 heavy (non-hydrogen) atoms. The molecule has 2 amide bonds. The van der Waals surface area contributed by atoms with Crippen LogP contribution in [0.2, 0.25) is 0 Å². The quantitative estimate of drug-likeness (QED) is 0.770. The van der Waals surface area contributed by atoms with Gasteiger partial charge in [0.1, 0.15) is 0 Å². The molecule has 0 unspecified atom stereocenters. The molecule has 1 aliphatic heterocycles. The molecule has 1 fully saturated rings. The predicted molar refractivity (Wildman–Crippen MR) is 75.5 cm³/mol. The highest BCUT2D eigenvalue weighted by Gasteiger charge is 2.31. The van der Waals surface area contributed by atoms with Gasteiger partial charge in [0.05, 0.1) is 5.25 Å². The van der Waals surface area contributed by atoms with E-state index in [0.717, 1.165) is 0 Å². The highest BCUT2D eigenvalue weighted by Crippen LogP contribution is 2.13. The van der Waals surface area contributed by atoms with Gasteiger partial charge >= 0.3 is 6.03 Å². The molecule has 0 aliphatic carbocycles. The molecule has 0 N–H and O–H groups in total. The third kappa shape index (κ3) is 3.60. The van der Waals surface area contributed by atoms with Gasteiger partial charge in [0.25, 0.3) is 0 Å². The Morgan fingerprint density at radius 3 is 1.95 bits per heavy atom. The lowest BCUT2D eigenvalue weighted by molar-refractivity contribution is 0.137. The second kappa shape index (κ2) is 6.56. The molecular weight excluding hydrogens is 266 g/mol. The van der Waals surface area contributed by atoms with Gasteiger partial charge in [0.15, 0.2) is 0 Å². The van der Waals surface area contributed by atoms with Gasteiger partial charge in [-0.2, -0.15) is 4.31 Å². The molecule has 0 aromatic rings. The van der Waals surface area contributed by atoms with Crippen molar-refractivity contribution in [3.63, 3.8) is 0 Å². The van der Waals surface area contributed by atoms with E-state index in [0.29, 0.717) is 39.3 Å². The van der Waals surface area contributed by atoms with Gasteiger partial charge in [0.2, 0.25) is 10.0 Å². The maximum atomic E-state index is 12.1. The summed E-state index contributed by atoms with van der Waals surface area (Å²) in [5.74, 6) is 0. The summed E-state index contributed by atoms with van der Waals surface area (Å²) in [6, 6.07) is 0.00611. The SMILES string of the molecule is CCN(CC)C(=O)N1CCN(S(=O)(=O)C(C)C)CC1. The summed E-state index contributed by atoms with van der Waals surface area (Å²) in [7, 11) is -3.20. The molecule has 0 spiro atoms. The molecule has 1 heterocycles. The standard InChI is InChI=1S/C12H25N3O3S/c1-5-13(6-2)12(16)14-7-9-15(10-8-14)19(17,18)11(3)4/h11H,5-10H2,1-4H3. The van der Waals surface area contributed by atoms with Crippen LogP contribution in [0, 0.1) is 0 Å². The monoisotopic (exact) mass is 291 g/mol. The Morgan fingerprint density at radius 1 is 1.11 bits per heavy atom. The van der Waals surface area contributed by atoms with Crippen LogP contribution in [0.15, 0.2) is 0 Å². The van der Waals surface area contributed by atoms with Crippen molar-refractivity contribution in [3.05, 3.63) is 0 Å². The van der Waals surface area contributed by atoms with E-state index in [1.807, 2.05) is 13.8 Å². The summed E-state index contributed by atoms with van der Waals surface area (Å²) in [6.45, 7) is 10.4. The van der Waals surface area contributed by atoms with E-state index in [-0.39, 0.29) is 6.03 Å². The Bertz CT molecular complexity index is 396. The van der Waals surface area contributed by atoms with Crippen molar-refractivity contribution in [1.82, 2.24) is 14.1 Å². The fourth-order valence-corrected chi connectivity index (χ4v) is 3.39. The zero-order valence-corrected chi connectivity index (χ0v) is 13.1. The summed E-state index contributed by atoms with van der Waals surface area (Å²) in [4.78, 5) is 15.6. The highest BCUT2D eigenvalue weighted by atomic mass is 32.2. The number of rotatable bonds is 4. The molecule has 0 aromatic heterocycles. The van der Waals surface area contributed by atoms with Crippen molar-refractivity contribution in [2.75, 3.05) is 39.3 Å². The molecule has 1 rings (SSSR count). The Balaban J connectivity index is 2.61. The molecule has 1 aliphatic rings. The molecule has 112 valence electrons. The van der Waals surface area contributed by atoms with E-state index < -0.39 is 15.3 Å². The molecule has 1 saturated heterocycles. The van der Waals surface area contributed by atoms with Gasteiger partial charge in [0, 0.05) is 39.3 Å². The minimum atomic E-state index is -3.20. The van der Waals surface area contributed by atoms with Crippen LogP contribution in [0.4, 0.5) is 4.79 Å². The Hall–Kier alpha value is -0.820. The van der Waals surface area contributed by atoms with Crippen LogP contribution in [0.25, 0.3) is 0 Å². The number of hydrogen-bond donors (Lipinski definition) is 0. The minimum Gasteiger partial charge on any atom is -0.325 e. The normalized spacial score (nSPS) is 17.8. The number of sulfonamides is 1. The van der Waals surface area contributed by atoms with Gasteiger partial charge in [-0.05, 0) is 27.7 Å². The summed E-state index contributed by atoms with van der Waals surface area (Å²) in [6.07, 6.45) is 0. The number of carbonyl (C=O) groups excluding carboxylic acids is 1. The lowest BCUT2D eigenvalue weighted by Crippen LogP contribution is -2.54. The predicted octanol–water partition coefficient (Wildman–Crippen LogP) is 0.804. The number of piperazine rings is 1. The van der Waals surface area contributed by atoms with Crippen LogP contribution in [-0.4, -0.2) is 73.1 Å². The molecular formula is C12H25N3O3S. The van der Waals surface area contributed by atoms with Gasteiger partial charge in [-0.1, -0.05) is 0 Å². The lowest BCUT2D eigenvalue weighted by atomic mass is 10.4. The van der Waals surface area contributed by atoms with E-state index in [9.17, 15) is 13.2 Å². The van der Waals surface area contributed by atoms with Crippen molar-refractivity contribution < 1.29 is 13.2 Å². The number of amides is 2. The second-order valence-electron chi connectivity index (χ2n) is 4.93. The average molecular weight is 291 g/mol. The topological polar surface area (TPSA) is 60.9 Å². The van der Waals surface area contributed by atoms with Crippen molar-refractivity contribution in [2.24, 2.45) is 0 Å². The zero-order valence-electron chi connectivity index (χ0n) is 12.3. The smallest absolute Gasteiger partial charge is 0.320 e. The third-order valence-corrected chi connectivity index (χ3v) is 5.78. The molecule has 0 saturated carbocycles. The zero-order chi connectivity index (χ0) is 14.6. The van der Waals surface area contributed by atoms with Gasteiger partial charge in [-0.3, -0.25) is 0 Å². The Kier molecular flexibility index (Phi) is 5.61. The summed E-state index contributed by atoms with van der Waals surface area (Å²) < 4.78 is 25.5. The number of nitrogens with zero attached hydrogens (tertiary/aromatic N) is 3. The van der Waals surface area contributed by atoms with Crippen LogP contribution in [0.3, 0.4) is 0 Å². The molecule has 0 aromatic carbocycles. The number of carbonyl (C=O) groups is 1. The molecule has 0 bridgehead atoms. The van der Waals surface area contributed by atoms with Crippen LogP contribution in [0.1, 0.15) is 27.7 Å². The largest absolute Gasteiger partial charge is 0.325 e. The molecule has 7 heteroatoms. The number of hydrogen-bond acceptors (Lipinski definition) is 3. The Labute approximate surface area is 116 Å². The minimum absolute atomic E-state index is 0.00611. The fraction of sp³-hybridized carbons (Fsp3) is 0.917. The van der Waals surface area contributed by atoms with Gasteiger partial charge < -0.3 is 9.80 Å². The maximum Gasteiger partial charge on any atom is 0.320 e. The van der Waals surface area contributed by atoms with Crippen molar-refractivity contribution in [2.45, 2.75) is 32.9 Å². The molecule has 6 nitrogen and oxygen atoms in total. The summed E-state index contributed by atoms with van der Waals surface area (Å²) in [5.41, 5.74) is 0. The number of urea groups is 1. The van der Waals surface area contributed by atoms with E-state index in [2.05, 4.69) is 0 Å². The second-order valence-corrected chi connectivity index (χ2v) is 7.42. The van der Waals surface area contributed by atoms with E-state index in [1.54, 1.807) is 23.6 Å². The van der Waals surface area contributed by atoms with Crippen molar-refractivity contribution >= 4 is 16.1 Å². The first-order valence-electron chi connectivity index (χ1n) is 6.87. The maximum absolute atomic E-state index is 12.1. The van der Waals surface area contributed by atoms with Crippen LogP contribution < -0.4 is 0 Å². The first kappa shape index (κ1) is 16.2. The fourth-order valence-electron chi connectivity index (χ4n) is 2.13. The third-order valence-electron chi connectivity index (χ3n) is 3.50. The van der Waals surface area contributed by atoms with Gasteiger partial charge in [-0.25, -0.2) is 13.2 Å². The lowest BCUT2D eigenvalue weighted by Gasteiger charge is -2.37. The molecule has 0 atom stereocenters. The van der Waals surface area contributed by atoms with Crippen molar-refractivity contribution in [1.29, 1.82) is 0 Å². The van der Waals surface area contributed by atoms with E-state index >= 15 is 0 Å². The Morgan fingerprint density at radius 2 is 1.58 bits per heavy atom.